The van der Waals surface area contributed by atoms with E-state index in [1.165, 1.54) is 21.8 Å². The van der Waals surface area contributed by atoms with Crippen molar-refractivity contribution in [3.05, 3.63) is 65.7 Å². The highest BCUT2D eigenvalue weighted by atomic mass is 19.1. The Kier molecular flexibility index (Phi) is 5.15. The number of carbonyl (C=O) groups excluding carboxylic acids is 1. The first-order valence-corrected chi connectivity index (χ1v) is 9.15. The van der Waals surface area contributed by atoms with Gasteiger partial charge in [0.1, 0.15) is 11.9 Å². The average Bonchev–Trinajstić information content (AvgIpc) is 3.35. The van der Waals surface area contributed by atoms with Gasteiger partial charge in [0, 0.05) is 12.1 Å². The number of carboxylic acid groups (broad SMARTS) is 1. The first-order chi connectivity index (χ1) is 14.4. The number of aromatic nitrogens is 3. The standard InChI is InChI=1S/C20H18FN5O4/c21-17-7-14(5-6-16(17)13-3-1-12(8-22)2-4-13)26-10-15(30-20(26)29)9-25-11-18(19(27)28)23-24-25/h1-7,11,15H,8-10,22H2,(H,27,28)/t15-/m0/s1. The zero-order chi connectivity index (χ0) is 21.3. The van der Waals surface area contributed by atoms with Crippen molar-refractivity contribution in [2.24, 2.45) is 5.73 Å². The Bertz CT molecular complexity index is 1100. The number of aromatic carboxylic acids is 1. The van der Waals surface area contributed by atoms with Crippen molar-refractivity contribution in [2.45, 2.75) is 19.2 Å². The molecule has 0 aliphatic carbocycles. The second kappa shape index (κ2) is 7.91. The van der Waals surface area contributed by atoms with E-state index in [2.05, 4.69) is 10.3 Å². The predicted octanol–water partition coefficient (Wildman–Crippen LogP) is 2.27. The largest absolute Gasteiger partial charge is 0.476 e. The summed E-state index contributed by atoms with van der Waals surface area (Å²) >= 11 is 0. The van der Waals surface area contributed by atoms with Gasteiger partial charge >= 0.3 is 12.1 Å². The fourth-order valence-corrected chi connectivity index (χ4v) is 3.25. The molecular weight excluding hydrogens is 393 g/mol. The van der Waals surface area contributed by atoms with Gasteiger partial charge in [-0.25, -0.2) is 18.7 Å². The number of nitrogens with two attached hydrogens (primary N) is 1. The van der Waals surface area contributed by atoms with Crippen molar-refractivity contribution in [3.63, 3.8) is 0 Å². The topological polar surface area (TPSA) is 124 Å². The van der Waals surface area contributed by atoms with Crippen LogP contribution in [0.15, 0.2) is 48.7 Å². The van der Waals surface area contributed by atoms with Gasteiger partial charge in [0.2, 0.25) is 0 Å². The van der Waals surface area contributed by atoms with Gasteiger partial charge in [-0.2, -0.15) is 0 Å². The highest BCUT2D eigenvalue weighted by Gasteiger charge is 2.33. The van der Waals surface area contributed by atoms with Crippen LogP contribution in [0, 0.1) is 5.82 Å². The molecule has 3 aromatic rings. The van der Waals surface area contributed by atoms with E-state index in [-0.39, 0.29) is 18.8 Å². The van der Waals surface area contributed by atoms with E-state index in [0.717, 1.165) is 5.56 Å². The van der Waals surface area contributed by atoms with Gasteiger partial charge in [0.05, 0.1) is 25.0 Å². The number of hydrogen-bond acceptors (Lipinski definition) is 6. The van der Waals surface area contributed by atoms with Crippen molar-refractivity contribution < 1.29 is 23.8 Å². The Morgan fingerprint density at radius 1 is 1.27 bits per heavy atom. The highest BCUT2D eigenvalue weighted by Crippen LogP contribution is 2.29. The van der Waals surface area contributed by atoms with Gasteiger partial charge in [0.15, 0.2) is 5.69 Å². The summed E-state index contributed by atoms with van der Waals surface area (Å²) in [6.07, 6.45) is 0.0638. The summed E-state index contributed by atoms with van der Waals surface area (Å²) < 4.78 is 21.3. The number of hydrogen-bond donors (Lipinski definition) is 2. The lowest BCUT2D eigenvalue weighted by atomic mass is 10.0. The second-order valence-corrected chi connectivity index (χ2v) is 6.81. The van der Waals surface area contributed by atoms with Crippen LogP contribution >= 0.6 is 0 Å². The Balaban J connectivity index is 1.48. The molecule has 10 heteroatoms. The van der Waals surface area contributed by atoms with Crippen molar-refractivity contribution >= 4 is 17.7 Å². The molecule has 1 aromatic heterocycles. The van der Waals surface area contributed by atoms with Crippen LogP contribution in [0.2, 0.25) is 0 Å². The summed E-state index contributed by atoms with van der Waals surface area (Å²) in [5.41, 5.74) is 7.82. The first-order valence-electron chi connectivity index (χ1n) is 9.15. The van der Waals surface area contributed by atoms with E-state index < -0.39 is 24.0 Å². The van der Waals surface area contributed by atoms with Crippen LogP contribution in [0.5, 0.6) is 0 Å². The van der Waals surface area contributed by atoms with Crippen molar-refractivity contribution in [1.29, 1.82) is 0 Å². The van der Waals surface area contributed by atoms with Gasteiger partial charge in [-0.15, -0.1) is 5.10 Å². The normalized spacial score (nSPS) is 16.0. The Morgan fingerprint density at radius 2 is 2.03 bits per heavy atom. The summed E-state index contributed by atoms with van der Waals surface area (Å²) in [6.45, 7) is 0.716. The maximum atomic E-state index is 14.7. The molecule has 0 unspecified atom stereocenters. The smallest absolute Gasteiger partial charge is 0.414 e. The van der Waals surface area contributed by atoms with Crippen LogP contribution in [0.1, 0.15) is 16.1 Å². The molecule has 1 aliphatic rings. The number of carbonyl (C=O) groups is 2. The summed E-state index contributed by atoms with van der Waals surface area (Å²) in [4.78, 5) is 24.5. The Labute approximate surface area is 170 Å². The lowest BCUT2D eigenvalue weighted by molar-refractivity contribution is 0.0690. The van der Waals surface area contributed by atoms with Crippen LogP contribution in [-0.4, -0.2) is 44.8 Å². The maximum Gasteiger partial charge on any atom is 0.414 e. The molecule has 2 heterocycles. The molecule has 1 saturated heterocycles. The molecule has 4 rings (SSSR count). The minimum atomic E-state index is -1.19. The molecule has 0 spiro atoms. The van der Waals surface area contributed by atoms with Gasteiger partial charge in [0.25, 0.3) is 0 Å². The Morgan fingerprint density at radius 3 is 2.67 bits per heavy atom. The van der Waals surface area contributed by atoms with Crippen LogP contribution in [0.25, 0.3) is 11.1 Å². The minimum Gasteiger partial charge on any atom is -0.476 e. The Hall–Kier alpha value is -3.79. The van der Waals surface area contributed by atoms with E-state index in [1.54, 1.807) is 24.3 Å². The molecule has 0 radical (unpaired) electrons. The van der Waals surface area contributed by atoms with Crippen molar-refractivity contribution in [1.82, 2.24) is 15.0 Å². The molecule has 1 aliphatic heterocycles. The molecule has 1 amide bonds. The summed E-state index contributed by atoms with van der Waals surface area (Å²) in [5.74, 6) is -1.66. The van der Waals surface area contributed by atoms with Gasteiger partial charge < -0.3 is 15.6 Å². The van der Waals surface area contributed by atoms with Crippen LogP contribution in [-0.2, 0) is 17.8 Å². The third kappa shape index (κ3) is 3.85. The zero-order valence-corrected chi connectivity index (χ0v) is 15.7. The number of amides is 1. The monoisotopic (exact) mass is 411 g/mol. The molecule has 1 fully saturated rings. The number of halogens is 1. The van der Waals surface area contributed by atoms with Crippen molar-refractivity contribution in [3.8, 4) is 11.1 Å². The number of cyclic esters (lactones) is 1. The number of ether oxygens (including phenoxy) is 1. The SMILES string of the molecule is NCc1ccc(-c2ccc(N3C[C@H](Cn4cc(C(=O)O)nn4)OC3=O)cc2F)cc1. The molecule has 154 valence electrons. The molecule has 2 aromatic carbocycles. The van der Waals surface area contributed by atoms with Crippen molar-refractivity contribution in [2.75, 3.05) is 11.4 Å². The zero-order valence-electron chi connectivity index (χ0n) is 15.7. The number of anilines is 1. The van der Waals surface area contributed by atoms with E-state index in [9.17, 15) is 14.0 Å². The van der Waals surface area contributed by atoms with E-state index in [4.69, 9.17) is 15.6 Å². The molecular formula is C20H18FN5O4. The quantitative estimate of drug-likeness (QED) is 0.638. The number of nitrogens with zero attached hydrogens (tertiary/aromatic N) is 4. The fraction of sp³-hybridized carbons (Fsp3) is 0.200. The third-order valence-corrected chi connectivity index (χ3v) is 4.79. The van der Waals surface area contributed by atoms with E-state index in [1.807, 2.05) is 12.1 Å². The summed E-state index contributed by atoms with van der Waals surface area (Å²) in [5, 5.41) is 16.1. The molecule has 0 bridgehead atoms. The second-order valence-electron chi connectivity index (χ2n) is 6.81. The predicted molar refractivity (Wildman–Crippen MR) is 104 cm³/mol. The maximum absolute atomic E-state index is 14.7. The highest BCUT2D eigenvalue weighted by molar-refractivity contribution is 5.90. The molecule has 0 saturated carbocycles. The van der Waals surface area contributed by atoms with Crippen LogP contribution in [0.3, 0.4) is 0 Å². The van der Waals surface area contributed by atoms with E-state index in [0.29, 0.717) is 23.4 Å². The van der Waals surface area contributed by atoms with E-state index >= 15 is 0 Å². The molecule has 9 nitrogen and oxygen atoms in total. The van der Waals surface area contributed by atoms with Crippen LogP contribution < -0.4 is 10.6 Å². The summed E-state index contributed by atoms with van der Waals surface area (Å²) in [7, 11) is 0. The number of carboxylic acids is 1. The average molecular weight is 411 g/mol. The van der Waals surface area contributed by atoms with Gasteiger partial charge in [-0.1, -0.05) is 29.5 Å². The summed E-state index contributed by atoms with van der Waals surface area (Å²) in [6, 6.07) is 11.8. The number of rotatable bonds is 6. The van der Waals surface area contributed by atoms with Crippen LogP contribution in [0.4, 0.5) is 14.9 Å². The molecule has 3 N–H and O–H groups in total. The van der Waals surface area contributed by atoms with Gasteiger partial charge in [-0.05, 0) is 29.3 Å². The van der Waals surface area contributed by atoms with Gasteiger partial charge in [-0.3, -0.25) is 4.90 Å². The lowest BCUT2D eigenvalue weighted by Gasteiger charge is -2.14. The number of benzene rings is 2. The lowest BCUT2D eigenvalue weighted by Crippen LogP contribution is -2.26. The first kappa shape index (κ1) is 19.5. The molecule has 30 heavy (non-hydrogen) atoms. The fourth-order valence-electron chi connectivity index (χ4n) is 3.25. The third-order valence-electron chi connectivity index (χ3n) is 4.79. The minimum absolute atomic E-state index is 0.135. The molecule has 1 atom stereocenters.